The third kappa shape index (κ3) is 1.29. The highest BCUT2D eigenvalue weighted by Crippen LogP contribution is 2.36. The molecule has 0 amide bonds. The Morgan fingerprint density at radius 1 is 1.07 bits per heavy atom. The number of hydrogen-bond donors (Lipinski definition) is 0. The van der Waals surface area contributed by atoms with Gasteiger partial charge in [0.05, 0.1) is 9.50 Å². The van der Waals surface area contributed by atoms with E-state index in [0.29, 0.717) is 0 Å². The van der Waals surface area contributed by atoms with E-state index >= 15 is 0 Å². The van der Waals surface area contributed by atoms with Gasteiger partial charge >= 0.3 is 0 Å². The molecule has 0 aliphatic carbocycles. The number of para-hydroxylation sites is 1. The van der Waals surface area contributed by atoms with E-state index in [1.54, 1.807) is 0 Å². The van der Waals surface area contributed by atoms with Gasteiger partial charge in [0.25, 0.3) is 0 Å². The second kappa shape index (κ2) is 3.26. The van der Waals surface area contributed by atoms with Crippen LogP contribution in [0.3, 0.4) is 0 Å². The van der Waals surface area contributed by atoms with Crippen molar-refractivity contribution in [3.8, 4) is 0 Å². The van der Waals surface area contributed by atoms with Gasteiger partial charge in [-0.15, -0.1) is 0 Å². The maximum atomic E-state index is 6.15. The lowest BCUT2D eigenvalue weighted by Crippen LogP contribution is -1.68. The van der Waals surface area contributed by atoms with E-state index in [9.17, 15) is 0 Å². The van der Waals surface area contributed by atoms with E-state index in [4.69, 9.17) is 16.0 Å². The number of halogens is 2. The molecular formula is C12H6BrClO. The Labute approximate surface area is 99.8 Å². The molecule has 0 saturated carbocycles. The van der Waals surface area contributed by atoms with Gasteiger partial charge in [0.1, 0.15) is 11.2 Å². The molecule has 3 aromatic rings. The minimum Gasteiger partial charge on any atom is -0.455 e. The highest BCUT2D eigenvalue weighted by molar-refractivity contribution is 9.10. The molecule has 15 heavy (non-hydrogen) atoms. The van der Waals surface area contributed by atoms with Gasteiger partial charge in [-0.1, -0.05) is 29.8 Å². The molecule has 0 aliphatic rings. The first-order valence-electron chi connectivity index (χ1n) is 4.52. The van der Waals surface area contributed by atoms with Gasteiger partial charge in [-0.2, -0.15) is 0 Å². The van der Waals surface area contributed by atoms with E-state index in [0.717, 1.165) is 31.4 Å². The van der Waals surface area contributed by atoms with E-state index in [-0.39, 0.29) is 0 Å². The summed E-state index contributed by atoms with van der Waals surface area (Å²) in [5.41, 5.74) is 1.67. The van der Waals surface area contributed by atoms with E-state index in [1.807, 2.05) is 36.4 Å². The largest absolute Gasteiger partial charge is 0.455 e. The summed E-state index contributed by atoms with van der Waals surface area (Å²) >= 11 is 9.62. The zero-order valence-electron chi connectivity index (χ0n) is 7.63. The molecule has 0 N–H and O–H groups in total. The number of furan rings is 1. The summed E-state index contributed by atoms with van der Waals surface area (Å²) in [5, 5.41) is 2.75. The standard InChI is InChI=1S/C12H6BrClO/c13-8-4-1-3-7-11-9(14)5-2-6-10(11)15-12(7)8/h1-6H. The highest BCUT2D eigenvalue weighted by atomic mass is 79.9. The molecule has 0 atom stereocenters. The van der Waals surface area contributed by atoms with Gasteiger partial charge in [0.2, 0.25) is 0 Å². The van der Waals surface area contributed by atoms with Crippen molar-refractivity contribution < 1.29 is 4.42 Å². The monoisotopic (exact) mass is 280 g/mol. The molecule has 0 bridgehead atoms. The van der Waals surface area contributed by atoms with Crippen LogP contribution in [0.15, 0.2) is 45.3 Å². The normalized spacial score (nSPS) is 11.3. The van der Waals surface area contributed by atoms with Crippen molar-refractivity contribution >= 4 is 49.5 Å². The van der Waals surface area contributed by atoms with Crippen LogP contribution in [0.25, 0.3) is 21.9 Å². The summed E-state index contributed by atoms with van der Waals surface area (Å²) < 4.78 is 6.68. The van der Waals surface area contributed by atoms with Crippen molar-refractivity contribution in [2.75, 3.05) is 0 Å². The topological polar surface area (TPSA) is 13.1 Å². The Morgan fingerprint density at radius 2 is 1.87 bits per heavy atom. The molecule has 0 saturated heterocycles. The summed E-state index contributed by atoms with van der Waals surface area (Å²) in [6, 6.07) is 11.6. The molecule has 0 radical (unpaired) electrons. The van der Waals surface area contributed by atoms with Crippen LogP contribution in [0, 0.1) is 0 Å². The Balaban J connectivity index is 2.65. The lowest BCUT2D eigenvalue weighted by molar-refractivity contribution is 0.667. The fraction of sp³-hybridized carbons (Fsp3) is 0. The summed E-state index contributed by atoms with van der Waals surface area (Å²) in [5.74, 6) is 0. The molecule has 0 spiro atoms. The summed E-state index contributed by atoms with van der Waals surface area (Å²) in [6.45, 7) is 0. The van der Waals surface area contributed by atoms with Crippen molar-refractivity contribution in [2.45, 2.75) is 0 Å². The molecule has 0 aliphatic heterocycles. The molecule has 2 aromatic carbocycles. The number of rotatable bonds is 0. The fourth-order valence-corrected chi connectivity index (χ4v) is 2.48. The lowest BCUT2D eigenvalue weighted by Gasteiger charge is -1.92. The van der Waals surface area contributed by atoms with Crippen LogP contribution < -0.4 is 0 Å². The Kier molecular flexibility index (Phi) is 2.01. The van der Waals surface area contributed by atoms with Crippen molar-refractivity contribution in [2.24, 2.45) is 0 Å². The highest BCUT2D eigenvalue weighted by Gasteiger charge is 2.11. The van der Waals surface area contributed by atoms with E-state index in [1.165, 1.54) is 0 Å². The summed E-state index contributed by atoms with van der Waals surface area (Å²) in [4.78, 5) is 0. The van der Waals surface area contributed by atoms with Crippen LogP contribution in [0.4, 0.5) is 0 Å². The first kappa shape index (κ1) is 9.25. The maximum absolute atomic E-state index is 6.15. The molecule has 0 fully saturated rings. The second-order valence-corrected chi connectivity index (χ2v) is 4.59. The first-order chi connectivity index (χ1) is 7.27. The lowest BCUT2D eigenvalue weighted by atomic mass is 10.1. The van der Waals surface area contributed by atoms with Gasteiger partial charge in [0, 0.05) is 10.8 Å². The molecule has 3 heteroatoms. The quantitative estimate of drug-likeness (QED) is 0.565. The average Bonchev–Trinajstić information content (AvgIpc) is 2.59. The van der Waals surface area contributed by atoms with Crippen LogP contribution in [0.2, 0.25) is 5.02 Å². The third-order valence-corrected chi connectivity index (χ3v) is 3.36. The minimum atomic E-state index is 0.726. The smallest absolute Gasteiger partial charge is 0.149 e. The molecule has 3 rings (SSSR count). The van der Waals surface area contributed by atoms with Gasteiger partial charge < -0.3 is 4.42 Å². The number of hydrogen-bond acceptors (Lipinski definition) is 1. The number of benzene rings is 2. The predicted octanol–water partition coefficient (Wildman–Crippen LogP) is 5.00. The average molecular weight is 282 g/mol. The summed E-state index contributed by atoms with van der Waals surface area (Å²) in [7, 11) is 0. The SMILES string of the molecule is Clc1cccc2oc3c(Br)cccc3c12. The molecule has 1 heterocycles. The van der Waals surface area contributed by atoms with Crippen LogP contribution >= 0.6 is 27.5 Å². The summed E-state index contributed by atoms with van der Waals surface area (Å²) in [6.07, 6.45) is 0. The molecule has 0 unspecified atom stereocenters. The molecule has 1 nitrogen and oxygen atoms in total. The predicted molar refractivity (Wildman–Crippen MR) is 66.4 cm³/mol. The first-order valence-corrected chi connectivity index (χ1v) is 5.70. The zero-order chi connectivity index (χ0) is 10.4. The van der Waals surface area contributed by atoms with Gasteiger partial charge in [-0.3, -0.25) is 0 Å². The van der Waals surface area contributed by atoms with E-state index < -0.39 is 0 Å². The van der Waals surface area contributed by atoms with Gasteiger partial charge in [-0.25, -0.2) is 0 Å². The second-order valence-electron chi connectivity index (χ2n) is 3.33. The van der Waals surface area contributed by atoms with E-state index in [2.05, 4.69) is 15.9 Å². The fourth-order valence-electron chi connectivity index (χ4n) is 1.77. The molecule has 1 aromatic heterocycles. The third-order valence-electron chi connectivity index (χ3n) is 2.42. The molecule has 74 valence electrons. The Hall–Kier alpha value is -0.990. The van der Waals surface area contributed by atoms with Crippen LogP contribution in [0.5, 0.6) is 0 Å². The Bertz CT molecular complexity index is 657. The molecular weight excluding hydrogens is 275 g/mol. The number of fused-ring (bicyclic) bond motifs is 3. The van der Waals surface area contributed by atoms with Crippen LogP contribution in [-0.2, 0) is 0 Å². The van der Waals surface area contributed by atoms with Gasteiger partial charge in [-0.05, 0) is 34.1 Å². The zero-order valence-corrected chi connectivity index (χ0v) is 9.97. The van der Waals surface area contributed by atoms with Gasteiger partial charge in [0.15, 0.2) is 0 Å². The van der Waals surface area contributed by atoms with Crippen molar-refractivity contribution in [1.29, 1.82) is 0 Å². The van der Waals surface area contributed by atoms with Crippen LogP contribution in [-0.4, -0.2) is 0 Å². The maximum Gasteiger partial charge on any atom is 0.149 e. The van der Waals surface area contributed by atoms with Crippen molar-refractivity contribution in [3.05, 3.63) is 45.9 Å². The van der Waals surface area contributed by atoms with Crippen molar-refractivity contribution in [1.82, 2.24) is 0 Å². The minimum absolute atomic E-state index is 0.726. The van der Waals surface area contributed by atoms with Crippen LogP contribution in [0.1, 0.15) is 0 Å². The Morgan fingerprint density at radius 3 is 2.73 bits per heavy atom. The van der Waals surface area contributed by atoms with Crippen molar-refractivity contribution in [3.63, 3.8) is 0 Å².